The molecule has 1 aromatic heterocycles. The second kappa shape index (κ2) is 18.0. The van der Waals surface area contributed by atoms with Gasteiger partial charge in [-0.15, -0.1) is 0 Å². The molecular formula is C43H51F4N7O4. The van der Waals surface area contributed by atoms with Crippen LogP contribution < -0.4 is 30.9 Å². The number of alkyl halides is 4. The Morgan fingerprint density at radius 2 is 1.88 bits per heavy atom. The molecule has 3 aromatic carbocycles. The molecule has 310 valence electrons. The standard InChI is InChI=1S/C43H51F4N7O4/c1-26(2)40-42(57)50-30(24-55)19-28-12-11-27(18-38(28)53(40)4)22-49-41(56)29-13-14-39(58-5)36(20-29)48-16-7-8-31-21-32-34(51-35-15-17-52(3)23-33(35)44)9-6-10-37(32)54(31)25-43(45,46)47/h6,9-14,18,20-21,26,30,33,35,40,48,51,55H,15-17,19,22-25H2,1-5H3,(H,49,56)(H,50,57)/t30-,33-,35+,40-/m0/s1. The number of nitrogens with zero attached hydrogens (tertiary/aromatic N) is 3. The molecule has 0 spiro atoms. The van der Waals surface area contributed by atoms with Crippen LogP contribution in [0, 0.1) is 17.8 Å². The molecule has 0 unspecified atom stereocenters. The average Bonchev–Trinajstić information content (AvgIpc) is 3.52. The molecule has 0 aliphatic carbocycles. The predicted octanol–water partition coefficient (Wildman–Crippen LogP) is 5.55. The van der Waals surface area contributed by atoms with Crippen LogP contribution in [-0.4, -0.2) is 104 Å². The van der Waals surface area contributed by atoms with Gasteiger partial charge in [0, 0.05) is 49.0 Å². The van der Waals surface area contributed by atoms with E-state index < -0.39 is 37.0 Å². The van der Waals surface area contributed by atoms with Crippen LogP contribution in [0.5, 0.6) is 5.75 Å². The van der Waals surface area contributed by atoms with Crippen LogP contribution in [0.1, 0.15) is 47.4 Å². The SMILES string of the molecule is COc1ccc(C(=O)NCc2ccc3c(c2)N(C)[C@@H](C(C)C)C(=O)N[C@H](CO)C3)cc1NCC#Cc1cc2c(N[C@@H]3CCN(C)C[C@@H]3F)cccc2n1CC(F)(F)F. The van der Waals surface area contributed by atoms with Crippen molar-refractivity contribution < 1.29 is 37.0 Å². The third-order valence-corrected chi connectivity index (χ3v) is 10.7. The smallest absolute Gasteiger partial charge is 0.406 e. The van der Waals surface area contributed by atoms with E-state index in [9.17, 15) is 32.3 Å². The van der Waals surface area contributed by atoms with Gasteiger partial charge in [-0.25, -0.2) is 4.39 Å². The van der Waals surface area contributed by atoms with Gasteiger partial charge < -0.3 is 45.5 Å². The van der Waals surface area contributed by atoms with Gasteiger partial charge in [0.1, 0.15) is 24.5 Å². The minimum absolute atomic E-state index is 0.000820. The number of likely N-dealkylation sites (tertiary alicyclic amines) is 1. The molecule has 0 radical (unpaired) electrons. The summed E-state index contributed by atoms with van der Waals surface area (Å²) in [6.45, 7) is 3.71. The topological polar surface area (TPSA) is 123 Å². The summed E-state index contributed by atoms with van der Waals surface area (Å²) in [5.74, 6) is 5.75. The maximum absolute atomic E-state index is 14.9. The Kier molecular flexibility index (Phi) is 13.1. The van der Waals surface area contributed by atoms with E-state index in [1.165, 1.54) is 7.11 Å². The molecule has 3 heterocycles. The number of methoxy groups -OCH3 is 1. The number of likely N-dealkylation sites (N-methyl/N-ethyl adjacent to an activating group) is 1. The summed E-state index contributed by atoms with van der Waals surface area (Å²) < 4.78 is 62.9. The number of halogens is 4. The average molecular weight is 806 g/mol. The van der Waals surface area contributed by atoms with Gasteiger partial charge in [-0.3, -0.25) is 9.59 Å². The number of fused-ring (bicyclic) bond motifs is 2. The van der Waals surface area contributed by atoms with Crippen LogP contribution in [0.15, 0.2) is 60.7 Å². The van der Waals surface area contributed by atoms with Crippen molar-refractivity contribution in [3.05, 3.63) is 83.0 Å². The van der Waals surface area contributed by atoms with E-state index in [1.807, 2.05) is 55.9 Å². The molecule has 1 fully saturated rings. The number of aliphatic hydroxyl groups excluding tert-OH is 1. The highest BCUT2D eigenvalue weighted by molar-refractivity contribution is 5.96. The van der Waals surface area contributed by atoms with Gasteiger partial charge in [-0.1, -0.05) is 38.0 Å². The third-order valence-electron chi connectivity index (χ3n) is 10.7. The lowest BCUT2D eigenvalue weighted by molar-refractivity contribution is -0.140. The molecular weight excluding hydrogens is 755 g/mol. The summed E-state index contributed by atoms with van der Waals surface area (Å²) >= 11 is 0. The van der Waals surface area contributed by atoms with Gasteiger partial charge in [0.15, 0.2) is 0 Å². The highest BCUT2D eigenvalue weighted by Gasteiger charge is 2.33. The number of hydrogen-bond acceptors (Lipinski definition) is 8. The lowest BCUT2D eigenvalue weighted by Crippen LogP contribution is -2.54. The second-order valence-electron chi connectivity index (χ2n) is 15.4. The van der Waals surface area contributed by atoms with Gasteiger partial charge in [-0.2, -0.15) is 13.2 Å². The minimum atomic E-state index is -4.51. The minimum Gasteiger partial charge on any atom is -0.495 e. The molecule has 0 saturated carbocycles. The largest absolute Gasteiger partial charge is 0.495 e. The first-order valence-corrected chi connectivity index (χ1v) is 19.4. The Morgan fingerprint density at radius 1 is 1.09 bits per heavy atom. The van der Waals surface area contributed by atoms with E-state index >= 15 is 0 Å². The number of benzene rings is 3. The molecule has 1 saturated heterocycles. The highest BCUT2D eigenvalue weighted by atomic mass is 19.4. The summed E-state index contributed by atoms with van der Waals surface area (Å²) in [7, 11) is 5.21. The monoisotopic (exact) mass is 805 g/mol. The van der Waals surface area contributed by atoms with E-state index in [0.29, 0.717) is 53.0 Å². The molecule has 0 bridgehead atoms. The number of aliphatic hydroxyl groups is 1. The Balaban J connectivity index is 1.16. The van der Waals surface area contributed by atoms with Crippen molar-refractivity contribution in [3.8, 4) is 17.6 Å². The molecule has 2 aliphatic rings. The van der Waals surface area contributed by atoms with Crippen LogP contribution in [0.25, 0.3) is 10.9 Å². The first kappa shape index (κ1) is 42.2. The zero-order chi connectivity index (χ0) is 41.7. The molecule has 2 aliphatic heterocycles. The Labute approximate surface area is 336 Å². The fraction of sp³-hybridized carbons (Fsp3) is 0.442. The lowest BCUT2D eigenvalue weighted by Gasteiger charge is -2.37. The quantitative estimate of drug-likeness (QED) is 0.0989. The van der Waals surface area contributed by atoms with E-state index in [0.717, 1.165) is 21.4 Å². The number of nitrogens with one attached hydrogen (secondary N) is 4. The normalized spacial score (nSPS) is 20.1. The zero-order valence-corrected chi connectivity index (χ0v) is 33.3. The van der Waals surface area contributed by atoms with Crippen molar-refractivity contribution in [1.29, 1.82) is 0 Å². The van der Waals surface area contributed by atoms with Crippen LogP contribution in [0.2, 0.25) is 0 Å². The summed E-state index contributed by atoms with van der Waals surface area (Å²) in [5.41, 5.74) is 4.49. The molecule has 5 N–H and O–H groups in total. The van der Waals surface area contributed by atoms with Gasteiger partial charge >= 0.3 is 6.18 Å². The van der Waals surface area contributed by atoms with Crippen molar-refractivity contribution in [2.75, 3.05) is 63.0 Å². The van der Waals surface area contributed by atoms with E-state index in [4.69, 9.17) is 4.74 Å². The van der Waals surface area contributed by atoms with Crippen molar-refractivity contribution in [3.63, 3.8) is 0 Å². The molecule has 11 nitrogen and oxygen atoms in total. The number of carbonyl (C=O) groups is 2. The number of amides is 2. The maximum Gasteiger partial charge on any atom is 0.406 e. The lowest BCUT2D eigenvalue weighted by atomic mass is 9.94. The molecule has 15 heteroatoms. The van der Waals surface area contributed by atoms with Crippen LogP contribution in [0.3, 0.4) is 0 Å². The third kappa shape index (κ3) is 9.79. The Hall–Kier alpha value is -5.46. The first-order chi connectivity index (χ1) is 27.6. The molecule has 58 heavy (non-hydrogen) atoms. The molecule has 2 amide bonds. The van der Waals surface area contributed by atoms with Crippen LogP contribution in [0.4, 0.5) is 34.6 Å². The summed E-state index contributed by atoms with van der Waals surface area (Å²) in [4.78, 5) is 30.3. The summed E-state index contributed by atoms with van der Waals surface area (Å²) in [5, 5.41) is 22.7. The fourth-order valence-electron chi connectivity index (χ4n) is 7.84. The number of rotatable bonds is 11. The number of aromatic nitrogens is 1. The van der Waals surface area contributed by atoms with E-state index in [2.05, 4.69) is 33.1 Å². The van der Waals surface area contributed by atoms with E-state index in [1.54, 1.807) is 42.5 Å². The van der Waals surface area contributed by atoms with Gasteiger partial charge in [0.25, 0.3) is 5.91 Å². The zero-order valence-electron chi connectivity index (χ0n) is 33.3. The number of anilines is 3. The highest BCUT2D eigenvalue weighted by Crippen LogP contribution is 2.33. The van der Waals surface area contributed by atoms with Gasteiger partial charge in [0.2, 0.25) is 5.91 Å². The maximum atomic E-state index is 14.9. The number of piperidine rings is 1. The number of carbonyl (C=O) groups excluding carboxylic acids is 2. The van der Waals surface area contributed by atoms with Crippen molar-refractivity contribution in [2.24, 2.45) is 5.92 Å². The Bertz CT molecular complexity index is 2180. The van der Waals surface area contributed by atoms with Gasteiger partial charge in [0.05, 0.1) is 49.2 Å². The predicted molar refractivity (Wildman–Crippen MR) is 218 cm³/mol. The summed E-state index contributed by atoms with van der Waals surface area (Å²) in [6, 6.07) is 16.0. The van der Waals surface area contributed by atoms with Crippen molar-refractivity contribution in [2.45, 2.75) is 70.3 Å². The number of ether oxygens (including phenoxy) is 1. The van der Waals surface area contributed by atoms with Crippen LogP contribution >= 0.6 is 0 Å². The summed E-state index contributed by atoms with van der Waals surface area (Å²) in [6.07, 6.45) is -4.62. The fourth-order valence-corrected chi connectivity index (χ4v) is 7.84. The first-order valence-electron chi connectivity index (χ1n) is 19.4. The Morgan fingerprint density at radius 3 is 2.59 bits per heavy atom. The van der Waals surface area contributed by atoms with E-state index in [-0.39, 0.29) is 49.7 Å². The van der Waals surface area contributed by atoms with Gasteiger partial charge in [-0.05, 0) is 85.3 Å². The number of hydrogen-bond donors (Lipinski definition) is 5. The van der Waals surface area contributed by atoms with Crippen LogP contribution in [-0.2, 0) is 24.3 Å². The molecule has 4 aromatic rings. The molecule has 6 rings (SSSR count). The van der Waals surface area contributed by atoms with Crippen molar-refractivity contribution in [1.82, 2.24) is 20.1 Å². The second-order valence-corrected chi connectivity index (χ2v) is 15.4. The molecule has 4 atom stereocenters. The van der Waals surface area contributed by atoms with Crippen molar-refractivity contribution >= 4 is 39.8 Å².